The molecule has 1 aliphatic carbocycles. The molecule has 1 atom stereocenters. The second kappa shape index (κ2) is 12.9. The van der Waals surface area contributed by atoms with Crippen LogP contribution >= 0.6 is 23.2 Å². The van der Waals surface area contributed by atoms with Crippen molar-refractivity contribution in [2.75, 3.05) is 17.1 Å². The summed E-state index contributed by atoms with van der Waals surface area (Å²) in [6, 6.07) is 9.85. The molecule has 0 bridgehead atoms. The average molecular weight is 573 g/mol. The van der Waals surface area contributed by atoms with Crippen LogP contribution in [0, 0.1) is 5.82 Å². The van der Waals surface area contributed by atoms with Crippen LogP contribution in [-0.4, -0.2) is 50.0 Å². The number of halogens is 3. The summed E-state index contributed by atoms with van der Waals surface area (Å²) in [4.78, 5) is 27.7. The van der Waals surface area contributed by atoms with Gasteiger partial charge >= 0.3 is 0 Å². The lowest BCUT2D eigenvalue weighted by atomic mass is 10.1. The highest BCUT2D eigenvalue weighted by Gasteiger charge is 2.29. The highest BCUT2D eigenvalue weighted by atomic mass is 35.5. The second-order valence-electron chi connectivity index (χ2n) is 9.31. The molecule has 0 spiro atoms. The largest absolute Gasteiger partial charge is 0.352 e. The van der Waals surface area contributed by atoms with Gasteiger partial charge in [-0.15, -0.1) is 0 Å². The van der Waals surface area contributed by atoms with Gasteiger partial charge in [-0.25, -0.2) is 12.8 Å². The third kappa shape index (κ3) is 8.06. The maximum absolute atomic E-state index is 14.4. The van der Waals surface area contributed by atoms with Crippen LogP contribution in [0.25, 0.3) is 0 Å². The highest BCUT2D eigenvalue weighted by Crippen LogP contribution is 2.31. The molecule has 3 rings (SSSR count). The predicted octanol–water partition coefficient (Wildman–Crippen LogP) is 5.15. The van der Waals surface area contributed by atoms with Gasteiger partial charge in [0.25, 0.3) is 0 Å². The fraction of sp³-hybridized carbons (Fsp3) is 0.462. The van der Waals surface area contributed by atoms with Crippen LogP contribution in [0.15, 0.2) is 42.5 Å². The topological polar surface area (TPSA) is 86.8 Å². The normalized spacial score (nSPS) is 14.8. The van der Waals surface area contributed by atoms with Crippen molar-refractivity contribution in [3.63, 3.8) is 0 Å². The molecule has 0 unspecified atom stereocenters. The lowest BCUT2D eigenvalue weighted by molar-refractivity contribution is -0.141. The van der Waals surface area contributed by atoms with Crippen molar-refractivity contribution < 1.29 is 22.4 Å². The van der Waals surface area contributed by atoms with Gasteiger partial charge in [-0.2, -0.15) is 0 Å². The van der Waals surface area contributed by atoms with Crippen LogP contribution in [0.2, 0.25) is 10.0 Å². The molecule has 202 valence electrons. The van der Waals surface area contributed by atoms with Gasteiger partial charge in [0.05, 0.1) is 17.0 Å². The number of anilines is 1. The quantitative estimate of drug-likeness (QED) is 0.404. The zero-order valence-corrected chi connectivity index (χ0v) is 23.3. The van der Waals surface area contributed by atoms with Crippen molar-refractivity contribution in [1.82, 2.24) is 10.2 Å². The molecule has 0 heterocycles. The number of benzene rings is 2. The standard InChI is InChI=1S/C26H32Cl2FN3O4S/c1-18(26(34)30-21-9-4-5-10-21)31(17-19-8-3-6-11-23(19)29)25(33)12-7-15-32(37(2,35)36)24-16-20(27)13-14-22(24)28/h3,6,8,11,13-14,16,18,21H,4-5,7,9-10,12,15,17H2,1-2H3,(H,30,34)/t18-/m0/s1. The second-order valence-corrected chi connectivity index (χ2v) is 12.1. The summed E-state index contributed by atoms with van der Waals surface area (Å²) in [7, 11) is -3.72. The molecular weight excluding hydrogens is 540 g/mol. The SMILES string of the molecule is C[C@@H](C(=O)NC1CCCC1)N(Cc1ccccc1F)C(=O)CCCN(c1cc(Cl)ccc1Cl)S(C)(=O)=O. The molecule has 2 aromatic carbocycles. The molecule has 0 radical (unpaired) electrons. The third-order valence-electron chi connectivity index (χ3n) is 6.50. The number of carbonyl (C=O) groups is 2. The number of hydrogen-bond acceptors (Lipinski definition) is 4. The first-order valence-electron chi connectivity index (χ1n) is 12.2. The van der Waals surface area contributed by atoms with E-state index >= 15 is 0 Å². The third-order valence-corrected chi connectivity index (χ3v) is 8.23. The molecule has 2 amide bonds. The predicted molar refractivity (Wildman–Crippen MR) is 145 cm³/mol. The van der Waals surface area contributed by atoms with E-state index in [1.54, 1.807) is 31.2 Å². The van der Waals surface area contributed by atoms with Crippen LogP contribution in [0.4, 0.5) is 10.1 Å². The number of nitrogens with zero attached hydrogens (tertiary/aromatic N) is 2. The molecular formula is C26H32Cl2FN3O4S. The molecule has 0 saturated heterocycles. The lowest BCUT2D eigenvalue weighted by Gasteiger charge is -2.30. The van der Waals surface area contributed by atoms with E-state index in [0.717, 1.165) is 36.2 Å². The van der Waals surface area contributed by atoms with E-state index in [-0.39, 0.29) is 54.5 Å². The fourth-order valence-corrected chi connectivity index (χ4v) is 5.85. The maximum atomic E-state index is 14.4. The van der Waals surface area contributed by atoms with E-state index in [9.17, 15) is 22.4 Å². The van der Waals surface area contributed by atoms with Gasteiger partial charge in [-0.05, 0) is 50.5 Å². The minimum Gasteiger partial charge on any atom is -0.352 e. The Labute approximate surface area is 228 Å². The number of amides is 2. The molecule has 2 aromatic rings. The van der Waals surface area contributed by atoms with E-state index in [1.807, 2.05) is 0 Å². The Hall–Kier alpha value is -2.36. The Bertz CT molecular complexity index is 1220. The Morgan fingerprint density at radius 3 is 2.46 bits per heavy atom. The van der Waals surface area contributed by atoms with Crippen LogP contribution in [-0.2, 0) is 26.2 Å². The monoisotopic (exact) mass is 571 g/mol. The molecule has 37 heavy (non-hydrogen) atoms. The van der Waals surface area contributed by atoms with Crippen molar-refractivity contribution in [1.29, 1.82) is 0 Å². The zero-order valence-electron chi connectivity index (χ0n) is 20.9. The van der Waals surface area contributed by atoms with E-state index in [1.165, 1.54) is 23.1 Å². The minimum absolute atomic E-state index is 0.0270. The summed E-state index contributed by atoms with van der Waals surface area (Å²) in [6.07, 6.45) is 5.03. The molecule has 7 nitrogen and oxygen atoms in total. The fourth-order valence-electron chi connectivity index (χ4n) is 4.44. The van der Waals surface area contributed by atoms with E-state index in [0.29, 0.717) is 10.6 Å². The van der Waals surface area contributed by atoms with Crippen molar-refractivity contribution >= 4 is 50.7 Å². The number of sulfonamides is 1. The molecule has 1 aliphatic rings. The molecule has 11 heteroatoms. The Morgan fingerprint density at radius 1 is 1.14 bits per heavy atom. The van der Waals surface area contributed by atoms with Crippen molar-refractivity contribution in [2.24, 2.45) is 0 Å². The smallest absolute Gasteiger partial charge is 0.242 e. The Balaban J connectivity index is 1.75. The van der Waals surface area contributed by atoms with Crippen LogP contribution < -0.4 is 9.62 Å². The number of hydrogen-bond donors (Lipinski definition) is 1. The summed E-state index contributed by atoms with van der Waals surface area (Å²) in [5.74, 6) is -1.15. The van der Waals surface area contributed by atoms with Gasteiger partial charge < -0.3 is 10.2 Å². The van der Waals surface area contributed by atoms with Gasteiger partial charge in [-0.3, -0.25) is 13.9 Å². The van der Waals surface area contributed by atoms with Crippen LogP contribution in [0.1, 0.15) is 51.0 Å². The van der Waals surface area contributed by atoms with E-state index < -0.39 is 21.9 Å². The Morgan fingerprint density at radius 2 is 1.81 bits per heavy atom. The van der Waals surface area contributed by atoms with Gasteiger partial charge in [0.15, 0.2) is 0 Å². The maximum Gasteiger partial charge on any atom is 0.242 e. The summed E-state index contributed by atoms with van der Waals surface area (Å²) in [6.45, 7) is 1.51. The lowest BCUT2D eigenvalue weighted by Crippen LogP contribution is -2.49. The Kier molecular flexibility index (Phi) is 10.2. The first kappa shape index (κ1) is 29.2. The van der Waals surface area contributed by atoms with Crippen LogP contribution in [0.5, 0.6) is 0 Å². The molecule has 1 N–H and O–H groups in total. The van der Waals surface area contributed by atoms with Gasteiger partial charge in [0.2, 0.25) is 21.8 Å². The van der Waals surface area contributed by atoms with E-state index in [2.05, 4.69) is 5.32 Å². The van der Waals surface area contributed by atoms with Crippen LogP contribution in [0.3, 0.4) is 0 Å². The molecule has 1 fully saturated rings. The van der Waals surface area contributed by atoms with E-state index in [4.69, 9.17) is 23.2 Å². The highest BCUT2D eigenvalue weighted by molar-refractivity contribution is 7.92. The average Bonchev–Trinajstić information content (AvgIpc) is 3.34. The molecule has 0 aromatic heterocycles. The minimum atomic E-state index is -3.72. The summed E-state index contributed by atoms with van der Waals surface area (Å²) >= 11 is 12.3. The summed E-state index contributed by atoms with van der Waals surface area (Å²) in [5.41, 5.74) is 0.511. The molecule has 1 saturated carbocycles. The van der Waals surface area contributed by atoms with Gasteiger partial charge in [0.1, 0.15) is 11.9 Å². The zero-order chi connectivity index (χ0) is 27.2. The van der Waals surface area contributed by atoms with Crippen molar-refractivity contribution in [2.45, 2.75) is 64.1 Å². The van der Waals surface area contributed by atoms with Crippen molar-refractivity contribution in [3.8, 4) is 0 Å². The number of nitrogens with one attached hydrogen (secondary N) is 1. The van der Waals surface area contributed by atoms with Crippen molar-refractivity contribution in [3.05, 3.63) is 63.9 Å². The summed E-state index contributed by atoms with van der Waals surface area (Å²) < 4.78 is 40.5. The number of carbonyl (C=O) groups excluding carboxylic acids is 2. The summed E-state index contributed by atoms with van der Waals surface area (Å²) in [5, 5.41) is 3.53. The first-order chi connectivity index (χ1) is 17.5. The number of rotatable bonds is 11. The van der Waals surface area contributed by atoms with Gasteiger partial charge in [-0.1, -0.05) is 54.2 Å². The molecule has 0 aliphatic heterocycles. The first-order valence-corrected chi connectivity index (χ1v) is 14.8. The van der Waals surface area contributed by atoms with Gasteiger partial charge in [0, 0.05) is 36.1 Å².